The van der Waals surface area contributed by atoms with Crippen LogP contribution < -0.4 is 9.47 Å². The van der Waals surface area contributed by atoms with Gasteiger partial charge in [-0.2, -0.15) is 26.3 Å². The van der Waals surface area contributed by atoms with Crippen molar-refractivity contribution < 1.29 is 45.8 Å². The number of ether oxygens (including phenoxy) is 2. The van der Waals surface area contributed by atoms with Crippen molar-refractivity contribution in [2.75, 3.05) is 14.2 Å². The third-order valence-corrected chi connectivity index (χ3v) is 2.91. The number of halogens is 6. The van der Waals surface area contributed by atoms with Crippen molar-refractivity contribution in [3.8, 4) is 11.5 Å². The lowest BCUT2D eigenvalue weighted by Crippen LogP contribution is -2.54. The second-order valence-electron chi connectivity index (χ2n) is 4.19. The molecule has 0 saturated carbocycles. The molecule has 0 saturated heterocycles. The Balaban J connectivity index is 3.90. The summed E-state index contributed by atoms with van der Waals surface area (Å²) >= 11 is 0. The molecule has 0 aliphatic carbocycles. The molecule has 0 radical (unpaired) electrons. The standard InChI is InChI=1S/C11H9F6NO5/c1-22-7-3-5(6(18(20)21)4-8(7)23-2)9(19,10(12,13)14)11(15,16)17/h3-4,19H,1-2H3. The van der Waals surface area contributed by atoms with Crippen LogP contribution >= 0.6 is 0 Å². The smallest absolute Gasteiger partial charge is 0.430 e. The highest BCUT2D eigenvalue weighted by molar-refractivity contribution is 5.57. The number of hydrogen-bond acceptors (Lipinski definition) is 5. The zero-order valence-electron chi connectivity index (χ0n) is 11.4. The van der Waals surface area contributed by atoms with E-state index in [0.29, 0.717) is 6.07 Å². The van der Waals surface area contributed by atoms with E-state index in [4.69, 9.17) is 0 Å². The number of nitro benzene ring substituents is 1. The Morgan fingerprint density at radius 1 is 1.00 bits per heavy atom. The SMILES string of the molecule is COc1cc([N+](=O)[O-])c(C(O)(C(F)(F)F)C(F)(F)F)cc1OC. The summed E-state index contributed by atoms with van der Waals surface area (Å²) in [6.45, 7) is 0. The molecule has 6 nitrogen and oxygen atoms in total. The molecule has 1 aromatic rings. The molecule has 1 N–H and O–H groups in total. The van der Waals surface area contributed by atoms with Crippen LogP contribution in [0.4, 0.5) is 32.0 Å². The highest BCUT2D eigenvalue weighted by Gasteiger charge is 2.73. The molecule has 12 heteroatoms. The molecule has 0 aromatic heterocycles. The zero-order chi connectivity index (χ0) is 18.2. The molecule has 0 spiro atoms. The Labute approximate surface area is 124 Å². The van der Waals surface area contributed by atoms with Crippen molar-refractivity contribution in [1.82, 2.24) is 0 Å². The van der Waals surface area contributed by atoms with Gasteiger partial charge in [0.1, 0.15) is 0 Å². The molecule has 0 heterocycles. The van der Waals surface area contributed by atoms with Crippen LogP contribution in [-0.4, -0.2) is 36.6 Å². The first-order chi connectivity index (χ1) is 10.3. The fourth-order valence-corrected chi connectivity index (χ4v) is 1.78. The molecule has 0 aliphatic rings. The molecule has 0 atom stereocenters. The highest BCUT2D eigenvalue weighted by Crippen LogP contribution is 2.53. The third-order valence-electron chi connectivity index (χ3n) is 2.91. The first kappa shape index (κ1) is 18.8. The van der Waals surface area contributed by atoms with Crippen LogP contribution in [0.15, 0.2) is 12.1 Å². The van der Waals surface area contributed by atoms with Gasteiger partial charge >= 0.3 is 12.4 Å². The van der Waals surface area contributed by atoms with Gasteiger partial charge in [-0.3, -0.25) is 10.1 Å². The van der Waals surface area contributed by atoms with Crippen LogP contribution in [0.1, 0.15) is 5.56 Å². The van der Waals surface area contributed by atoms with Crippen LogP contribution in [0.25, 0.3) is 0 Å². The lowest BCUT2D eigenvalue weighted by Gasteiger charge is -2.32. The minimum Gasteiger partial charge on any atom is -0.493 e. The van der Waals surface area contributed by atoms with E-state index in [1.54, 1.807) is 0 Å². The Morgan fingerprint density at radius 2 is 1.39 bits per heavy atom. The predicted octanol–water partition coefficient (Wildman–Crippen LogP) is 2.92. The van der Waals surface area contributed by atoms with Crippen LogP contribution in [0.2, 0.25) is 0 Å². The summed E-state index contributed by atoms with van der Waals surface area (Å²) in [7, 11) is 1.87. The maximum Gasteiger partial charge on any atom is 0.430 e. The summed E-state index contributed by atoms with van der Waals surface area (Å²) in [5.41, 5.74) is -9.11. The van der Waals surface area contributed by atoms with Crippen LogP contribution in [0.3, 0.4) is 0 Å². The average molecular weight is 349 g/mol. The van der Waals surface area contributed by atoms with Gasteiger partial charge in [-0.1, -0.05) is 0 Å². The first-order valence-electron chi connectivity index (χ1n) is 5.58. The Hall–Kier alpha value is -2.24. The van der Waals surface area contributed by atoms with E-state index in [2.05, 4.69) is 9.47 Å². The van der Waals surface area contributed by atoms with Gasteiger partial charge in [0.2, 0.25) is 0 Å². The summed E-state index contributed by atoms with van der Waals surface area (Å²) in [5, 5.41) is 20.2. The Kier molecular flexibility index (Phi) is 4.71. The normalized spacial score (nSPS) is 12.9. The number of nitro groups is 1. The van der Waals surface area contributed by atoms with Crippen LogP contribution in [-0.2, 0) is 5.60 Å². The minimum atomic E-state index is -6.27. The predicted molar refractivity (Wildman–Crippen MR) is 62.2 cm³/mol. The topological polar surface area (TPSA) is 81.8 Å². The molecule has 23 heavy (non-hydrogen) atoms. The number of rotatable bonds is 4. The van der Waals surface area contributed by atoms with Crippen molar-refractivity contribution >= 4 is 5.69 Å². The van der Waals surface area contributed by atoms with Crippen molar-refractivity contribution in [2.45, 2.75) is 18.0 Å². The molecule has 0 unspecified atom stereocenters. The fraction of sp³-hybridized carbons (Fsp3) is 0.455. The fourth-order valence-electron chi connectivity index (χ4n) is 1.78. The number of aliphatic hydroxyl groups is 1. The lowest BCUT2D eigenvalue weighted by atomic mass is 9.90. The summed E-state index contributed by atoms with van der Waals surface area (Å²) in [4.78, 5) is 9.35. The van der Waals surface area contributed by atoms with Gasteiger partial charge in [0, 0.05) is 0 Å². The summed E-state index contributed by atoms with van der Waals surface area (Å²) in [5.74, 6) is -1.13. The molecule has 1 aromatic carbocycles. The Morgan fingerprint density at radius 3 is 1.70 bits per heavy atom. The van der Waals surface area contributed by atoms with Gasteiger partial charge in [-0.15, -0.1) is 0 Å². The Bertz CT molecular complexity index is 598. The summed E-state index contributed by atoms with van der Waals surface area (Å²) < 4.78 is 86.4. The number of nitrogens with zero attached hydrogens (tertiary/aromatic N) is 1. The molecule has 1 rings (SSSR count). The number of benzene rings is 1. The highest BCUT2D eigenvalue weighted by atomic mass is 19.4. The second kappa shape index (κ2) is 5.76. The molecule has 0 bridgehead atoms. The van der Waals surface area contributed by atoms with E-state index in [9.17, 15) is 41.6 Å². The van der Waals surface area contributed by atoms with Gasteiger partial charge in [0.15, 0.2) is 11.5 Å². The van der Waals surface area contributed by atoms with E-state index < -0.39 is 45.6 Å². The summed E-state index contributed by atoms with van der Waals surface area (Å²) in [6, 6.07) is 0.370. The third kappa shape index (κ3) is 2.98. The molecular weight excluding hydrogens is 340 g/mol. The maximum atomic E-state index is 12.9. The van der Waals surface area contributed by atoms with E-state index in [0.717, 1.165) is 14.2 Å². The number of alkyl halides is 6. The van der Waals surface area contributed by atoms with Crippen LogP contribution in [0.5, 0.6) is 11.5 Å². The van der Waals surface area contributed by atoms with Gasteiger partial charge in [0.05, 0.1) is 30.8 Å². The first-order valence-corrected chi connectivity index (χ1v) is 5.58. The van der Waals surface area contributed by atoms with E-state index in [-0.39, 0.29) is 6.07 Å². The van der Waals surface area contributed by atoms with E-state index >= 15 is 0 Å². The molecule has 130 valence electrons. The minimum absolute atomic E-state index is 0.0674. The molecule has 0 aliphatic heterocycles. The van der Waals surface area contributed by atoms with Gasteiger partial charge in [-0.05, 0) is 6.07 Å². The van der Waals surface area contributed by atoms with Crippen molar-refractivity contribution in [3.63, 3.8) is 0 Å². The quantitative estimate of drug-likeness (QED) is 0.513. The lowest BCUT2D eigenvalue weighted by molar-refractivity contribution is -0.401. The van der Waals surface area contributed by atoms with Crippen molar-refractivity contribution in [1.29, 1.82) is 0 Å². The largest absolute Gasteiger partial charge is 0.493 e. The monoisotopic (exact) mass is 349 g/mol. The van der Waals surface area contributed by atoms with Crippen molar-refractivity contribution in [2.24, 2.45) is 0 Å². The van der Waals surface area contributed by atoms with Gasteiger partial charge in [-0.25, -0.2) is 0 Å². The van der Waals surface area contributed by atoms with Crippen molar-refractivity contribution in [3.05, 3.63) is 27.8 Å². The van der Waals surface area contributed by atoms with Crippen LogP contribution in [0, 0.1) is 10.1 Å². The second-order valence-corrected chi connectivity index (χ2v) is 4.19. The zero-order valence-corrected chi connectivity index (χ0v) is 11.4. The van der Waals surface area contributed by atoms with E-state index in [1.165, 1.54) is 0 Å². The molecule has 0 amide bonds. The van der Waals surface area contributed by atoms with Gasteiger partial charge < -0.3 is 14.6 Å². The molecular formula is C11H9F6NO5. The molecule has 0 fully saturated rings. The maximum absolute atomic E-state index is 12.9. The number of hydrogen-bond donors (Lipinski definition) is 1. The number of methoxy groups -OCH3 is 2. The summed E-state index contributed by atoms with van der Waals surface area (Å²) in [6.07, 6.45) is -12.5. The van der Waals surface area contributed by atoms with E-state index in [1.807, 2.05) is 0 Å². The van der Waals surface area contributed by atoms with Gasteiger partial charge in [0.25, 0.3) is 11.3 Å². The average Bonchev–Trinajstić information content (AvgIpc) is 2.42.